The van der Waals surface area contributed by atoms with Gasteiger partial charge in [0, 0.05) is 39.3 Å². The smallest absolute Gasteiger partial charge is 0.330 e. The van der Waals surface area contributed by atoms with Crippen molar-refractivity contribution in [3.8, 4) is 0 Å². The van der Waals surface area contributed by atoms with Crippen LogP contribution in [0.25, 0.3) is 0 Å². The highest BCUT2D eigenvalue weighted by Gasteiger charge is 2.26. The number of likely N-dealkylation sites (N-methyl/N-ethyl adjacent to an activating group) is 1. The van der Waals surface area contributed by atoms with E-state index in [9.17, 15) is 9.59 Å². The molecule has 0 aromatic heterocycles. The lowest BCUT2D eigenvalue weighted by molar-refractivity contribution is -0.137. The van der Waals surface area contributed by atoms with Crippen LogP contribution in [-0.4, -0.2) is 62.7 Å². The third-order valence-electron chi connectivity index (χ3n) is 2.78. The average Bonchev–Trinajstić information content (AvgIpc) is 2.39. The van der Waals surface area contributed by atoms with Gasteiger partial charge in [-0.3, -0.25) is 9.69 Å². The molecule has 6 heteroatoms. The quantitative estimate of drug-likeness (QED) is 0.493. The summed E-state index contributed by atoms with van der Waals surface area (Å²) in [6.07, 6.45) is 3.14. The van der Waals surface area contributed by atoms with Crippen LogP contribution in [0, 0.1) is 0 Å². The molecule has 0 aromatic rings. The zero-order valence-electron chi connectivity index (χ0n) is 10.9. The van der Waals surface area contributed by atoms with Gasteiger partial charge in [-0.2, -0.15) is 0 Å². The molecule has 0 aliphatic carbocycles. The Hall–Kier alpha value is -1.40. The van der Waals surface area contributed by atoms with E-state index in [0.717, 1.165) is 13.1 Å². The highest BCUT2D eigenvalue weighted by molar-refractivity contribution is 5.82. The largest absolute Gasteiger partial charge is 0.463 e. The minimum atomic E-state index is -0.343. The average molecular weight is 255 g/mol. The number of piperazine rings is 1. The maximum absolute atomic E-state index is 11.7. The Morgan fingerprint density at radius 2 is 2.33 bits per heavy atom. The second-order valence-electron chi connectivity index (χ2n) is 3.98. The van der Waals surface area contributed by atoms with Crippen molar-refractivity contribution in [3.63, 3.8) is 0 Å². The van der Waals surface area contributed by atoms with E-state index < -0.39 is 0 Å². The van der Waals surface area contributed by atoms with Gasteiger partial charge in [-0.15, -0.1) is 0 Å². The van der Waals surface area contributed by atoms with E-state index >= 15 is 0 Å². The van der Waals surface area contributed by atoms with Crippen molar-refractivity contribution in [2.75, 3.05) is 39.8 Å². The van der Waals surface area contributed by atoms with Crippen molar-refractivity contribution in [1.29, 1.82) is 0 Å². The van der Waals surface area contributed by atoms with Crippen molar-refractivity contribution >= 4 is 11.9 Å². The van der Waals surface area contributed by atoms with Gasteiger partial charge in [0.1, 0.15) is 6.04 Å². The molecule has 1 rings (SSSR count). The summed E-state index contributed by atoms with van der Waals surface area (Å²) in [6.45, 7) is 4.97. The lowest BCUT2D eigenvalue weighted by Gasteiger charge is -2.33. The summed E-state index contributed by atoms with van der Waals surface area (Å²) >= 11 is 0. The number of carbonyl (C=O) groups is 2. The van der Waals surface area contributed by atoms with Crippen molar-refractivity contribution in [3.05, 3.63) is 12.2 Å². The van der Waals surface area contributed by atoms with Gasteiger partial charge in [-0.05, 0) is 6.92 Å². The molecule has 1 fully saturated rings. The second kappa shape index (κ2) is 7.84. The fraction of sp³-hybridized carbons (Fsp3) is 0.667. The van der Waals surface area contributed by atoms with Crippen LogP contribution in [0.2, 0.25) is 0 Å². The summed E-state index contributed by atoms with van der Waals surface area (Å²) in [5.41, 5.74) is 0. The Balaban J connectivity index is 2.47. The van der Waals surface area contributed by atoms with Crippen LogP contribution in [0.15, 0.2) is 12.2 Å². The number of hydrogen-bond donors (Lipinski definition) is 2. The van der Waals surface area contributed by atoms with Crippen LogP contribution >= 0.6 is 0 Å². The van der Waals surface area contributed by atoms with Crippen LogP contribution in [0.3, 0.4) is 0 Å². The molecule has 0 aromatic carbocycles. The number of carbonyl (C=O) groups excluding carboxylic acids is 2. The standard InChI is InChI=1S/C12H21N3O3/c1-3-18-11(16)5-4-7-15-8-6-14-9-10(15)12(17)13-2/h4-5,10,14H,3,6-9H2,1-2H3,(H,13,17)/b5-4+. The Morgan fingerprint density at radius 1 is 1.56 bits per heavy atom. The maximum Gasteiger partial charge on any atom is 0.330 e. The predicted octanol–water partition coefficient (Wildman–Crippen LogP) is -0.874. The van der Waals surface area contributed by atoms with Gasteiger partial charge in [0.2, 0.25) is 5.91 Å². The Morgan fingerprint density at radius 3 is 3.00 bits per heavy atom. The topological polar surface area (TPSA) is 70.7 Å². The zero-order valence-corrected chi connectivity index (χ0v) is 10.9. The van der Waals surface area contributed by atoms with Gasteiger partial charge in [0.15, 0.2) is 0 Å². The number of ether oxygens (including phenoxy) is 1. The molecule has 1 saturated heterocycles. The van der Waals surface area contributed by atoms with Crippen molar-refractivity contribution in [2.45, 2.75) is 13.0 Å². The van der Waals surface area contributed by atoms with Gasteiger partial charge < -0.3 is 15.4 Å². The van der Waals surface area contributed by atoms with Gasteiger partial charge in [-0.1, -0.05) is 6.08 Å². The normalized spacial score (nSPS) is 20.9. The van der Waals surface area contributed by atoms with Crippen LogP contribution in [-0.2, 0) is 14.3 Å². The molecular formula is C12H21N3O3. The van der Waals surface area contributed by atoms with Crippen molar-refractivity contribution < 1.29 is 14.3 Å². The summed E-state index contributed by atoms with van der Waals surface area (Å²) in [7, 11) is 1.63. The van der Waals surface area contributed by atoms with Crippen LogP contribution in [0.5, 0.6) is 0 Å². The molecule has 2 N–H and O–H groups in total. The molecule has 0 radical (unpaired) electrons. The van der Waals surface area contributed by atoms with E-state index in [1.165, 1.54) is 6.08 Å². The fourth-order valence-electron chi connectivity index (χ4n) is 1.86. The third kappa shape index (κ3) is 4.46. The summed E-state index contributed by atoms with van der Waals surface area (Å²) in [6, 6.07) is -0.185. The van der Waals surface area contributed by atoms with E-state index in [1.54, 1.807) is 20.0 Å². The molecule has 1 amide bonds. The number of hydrogen-bond acceptors (Lipinski definition) is 5. The molecule has 0 saturated carbocycles. The number of nitrogens with one attached hydrogen (secondary N) is 2. The first-order valence-electron chi connectivity index (χ1n) is 6.18. The van der Waals surface area contributed by atoms with E-state index in [1.807, 2.05) is 4.90 Å². The third-order valence-corrected chi connectivity index (χ3v) is 2.78. The first-order valence-corrected chi connectivity index (χ1v) is 6.18. The molecule has 1 aliphatic rings. The summed E-state index contributed by atoms with van der Waals surface area (Å²) < 4.78 is 4.79. The Bertz CT molecular complexity index is 318. The molecule has 1 aliphatic heterocycles. The van der Waals surface area contributed by atoms with Crippen LogP contribution in [0.4, 0.5) is 0 Å². The molecule has 0 bridgehead atoms. The van der Waals surface area contributed by atoms with E-state index in [0.29, 0.717) is 19.7 Å². The minimum Gasteiger partial charge on any atom is -0.463 e. The lowest BCUT2D eigenvalue weighted by atomic mass is 10.1. The maximum atomic E-state index is 11.7. The summed E-state index contributed by atoms with van der Waals surface area (Å²) in [4.78, 5) is 24.8. The van der Waals surface area contributed by atoms with E-state index in [2.05, 4.69) is 10.6 Å². The number of esters is 1. The fourth-order valence-corrected chi connectivity index (χ4v) is 1.86. The lowest BCUT2D eigenvalue weighted by Crippen LogP contribution is -2.57. The minimum absolute atomic E-state index is 0.00765. The van der Waals surface area contributed by atoms with Gasteiger partial charge in [-0.25, -0.2) is 4.79 Å². The molecule has 102 valence electrons. The molecule has 1 atom stereocenters. The Labute approximate surface area is 107 Å². The number of nitrogens with zero attached hydrogens (tertiary/aromatic N) is 1. The highest BCUT2D eigenvalue weighted by Crippen LogP contribution is 2.03. The van der Waals surface area contributed by atoms with E-state index in [-0.39, 0.29) is 17.9 Å². The first kappa shape index (κ1) is 14.7. The number of rotatable bonds is 5. The van der Waals surface area contributed by atoms with Gasteiger partial charge in [0.05, 0.1) is 6.61 Å². The highest BCUT2D eigenvalue weighted by atomic mass is 16.5. The molecule has 1 unspecified atom stereocenters. The summed E-state index contributed by atoms with van der Waals surface area (Å²) in [5.74, 6) is -0.351. The number of amides is 1. The first-order chi connectivity index (χ1) is 8.69. The SMILES string of the molecule is CCOC(=O)/C=C/CN1CCNCC1C(=O)NC. The summed E-state index contributed by atoms with van der Waals surface area (Å²) in [5, 5.41) is 5.83. The molecule has 18 heavy (non-hydrogen) atoms. The van der Waals surface area contributed by atoms with Gasteiger partial charge in [0.25, 0.3) is 0 Å². The van der Waals surface area contributed by atoms with E-state index in [4.69, 9.17) is 4.74 Å². The van der Waals surface area contributed by atoms with Crippen molar-refractivity contribution in [2.24, 2.45) is 0 Å². The Kier molecular flexibility index (Phi) is 6.38. The van der Waals surface area contributed by atoms with Crippen LogP contribution < -0.4 is 10.6 Å². The zero-order chi connectivity index (χ0) is 13.4. The second-order valence-corrected chi connectivity index (χ2v) is 3.98. The predicted molar refractivity (Wildman–Crippen MR) is 68.1 cm³/mol. The van der Waals surface area contributed by atoms with Gasteiger partial charge >= 0.3 is 5.97 Å². The van der Waals surface area contributed by atoms with Crippen molar-refractivity contribution in [1.82, 2.24) is 15.5 Å². The van der Waals surface area contributed by atoms with Crippen LogP contribution in [0.1, 0.15) is 6.92 Å². The molecular weight excluding hydrogens is 234 g/mol. The molecule has 0 spiro atoms. The molecule has 1 heterocycles. The molecule has 6 nitrogen and oxygen atoms in total. The monoisotopic (exact) mass is 255 g/mol.